The zero-order chi connectivity index (χ0) is 11.0. The minimum absolute atomic E-state index is 0.0734. The van der Waals surface area contributed by atoms with E-state index in [0.29, 0.717) is 6.29 Å². The Balaban J connectivity index is 2.88. The summed E-state index contributed by atoms with van der Waals surface area (Å²) in [6, 6.07) is 1.15. The molecule has 0 aromatic carbocycles. The highest BCUT2D eigenvalue weighted by Gasteiger charge is 2.14. The number of aromatic nitrogens is 3. The van der Waals surface area contributed by atoms with Crippen LogP contribution in [0.5, 0.6) is 0 Å². The molecule has 0 aliphatic carbocycles. The molecule has 0 spiro atoms. The van der Waals surface area contributed by atoms with E-state index >= 15 is 0 Å². The Kier molecular flexibility index (Phi) is 1.93. The fourth-order valence-corrected chi connectivity index (χ4v) is 1.19. The van der Waals surface area contributed by atoms with E-state index in [1.807, 2.05) is 0 Å². The van der Waals surface area contributed by atoms with Gasteiger partial charge in [-0.05, 0) is 6.07 Å². The third-order valence-electron chi connectivity index (χ3n) is 1.82. The average Bonchev–Trinajstić information content (AvgIpc) is 2.59. The van der Waals surface area contributed by atoms with Crippen LogP contribution in [-0.4, -0.2) is 26.8 Å². The van der Waals surface area contributed by atoms with Crippen molar-refractivity contribution < 1.29 is 14.0 Å². The van der Waals surface area contributed by atoms with E-state index in [0.717, 1.165) is 16.8 Å². The molecule has 0 saturated carbocycles. The largest absolute Gasteiger partial charge is 0.364 e. The fourth-order valence-electron chi connectivity index (χ4n) is 1.19. The minimum Gasteiger partial charge on any atom is -0.364 e. The van der Waals surface area contributed by atoms with Gasteiger partial charge in [0.25, 0.3) is 5.91 Å². The predicted molar refractivity (Wildman–Crippen MR) is 46.9 cm³/mol. The lowest BCUT2D eigenvalue weighted by Gasteiger charge is -2.00. The lowest BCUT2D eigenvalue weighted by molar-refractivity contribution is 0.0993. The number of rotatable bonds is 2. The molecule has 0 fully saturated rings. The first kappa shape index (κ1) is 9.25. The first-order valence-electron chi connectivity index (χ1n) is 3.92. The van der Waals surface area contributed by atoms with Gasteiger partial charge in [-0.15, -0.1) is 0 Å². The van der Waals surface area contributed by atoms with Crippen LogP contribution in [0.15, 0.2) is 12.3 Å². The second-order valence-electron chi connectivity index (χ2n) is 2.78. The molecule has 6 nitrogen and oxygen atoms in total. The summed E-state index contributed by atoms with van der Waals surface area (Å²) in [6.07, 6.45) is 1.29. The highest BCUT2D eigenvalue weighted by molar-refractivity contribution is 5.93. The van der Waals surface area contributed by atoms with Crippen molar-refractivity contribution in [1.82, 2.24) is 14.6 Å². The van der Waals surface area contributed by atoms with Gasteiger partial charge in [0.1, 0.15) is 11.4 Å². The van der Waals surface area contributed by atoms with Crippen LogP contribution in [0.1, 0.15) is 21.0 Å². The monoisotopic (exact) mass is 208 g/mol. The van der Waals surface area contributed by atoms with Crippen LogP contribution in [0.4, 0.5) is 4.39 Å². The van der Waals surface area contributed by atoms with E-state index in [2.05, 4.69) is 10.1 Å². The number of amides is 1. The molecule has 2 N–H and O–H groups in total. The zero-order valence-corrected chi connectivity index (χ0v) is 7.35. The Morgan fingerprint density at radius 2 is 2.33 bits per heavy atom. The second kappa shape index (κ2) is 3.12. The van der Waals surface area contributed by atoms with Crippen molar-refractivity contribution in [3.05, 3.63) is 29.5 Å². The Morgan fingerprint density at radius 1 is 1.60 bits per heavy atom. The number of aldehydes is 1. The van der Waals surface area contributed by atoms with E-state index in [4.69, 9.17) is 5.73 Å². The van der Waals surface area contributed by atoms with Crippen molar-refractivity contribution in [3.8, 4) is 0 Å². The summed E-state index contributed by atoms with van der Waals surface area (Å²) in [7, 11) is 0. The average molecular weight is 208 g/mol. The van der Waals surface area contributed by atoms with E-state index in [9.17, 15) is 14.0 Å². The van der Waals surface area contributed by atoms with Crippen molar-refractivity contribution in [2.75, 3.05) is 0 Å². The fraction of sp³-hybridized carbons (Fsp3) is 0. The third-order valence-corrected chi connectivity index (χ3v) is 1.82. The summed E-state index contributed by atoms with van der Waals surface area (Å²) in [6.45, 7) is 0. The van der Waals surface area contributed by atoms with Crippen LogP contribution in [0.2, 0.25) is 0 Å². The normalized spacial score (nSPS) is 10.5. The molecule has 1 amide bonds. The van der Waals surface area contributed by atoms with Crippen LogP contribution >= 0.6 is 0 Å². The molecule has 15 heavy (non-hydrogen) atoms. The number of carbonyl (C=O) groups is 2. The van der Waals surface area contributed by atoms with Crippen LogP contribution in [0, 0.1) is 5.82 Å². The maximum Gasteiger partial charge on any atom is 0.267 e. The van der Waals surface area contributed by atoms with Gasteiger partial charge in [-0.25, -0.2) is 13.9 Å². The quantitative estimate of drug-likeness (QED) is 0.690. The standard InChI is InChI=1S/C8H5FN4O2/c9-5-2-11-13-6(7(10)15)1-4(3-14)12-8(5)13/h1-3H,(H2,10,15). The Bertz CT molecular complexity index is 563. The van der Waals surface area contributed by atoms with Gasteiger partial charge in [0.05, 0.1) is 6.20 Å². The summed E-state index contributed by atoms with van der Waals surface area (Å²) in [5.41, 5.74) is 4.68. The number of fused-ring (bicyclic) bond motifs is 1. The number of carbonyl (C=O) groups excluding carboxylic acids is 2. The van der Waals surface area contributed by atoms with Crippen molar-refractivity contribution in [2.24, 2.45) is 5.73 Å². The Morgan fingerprint density at radius 3 is 2.93 bits per heavy atom. The van der Waals surface area contributed by atoms with Gasteiger partial charge < -0.3 is 5.73 Å². The van der Waals surface area contributed by atoms with Crippen LogP contribution in [0.25, 0.3) is 5.65 Å². The molecule has 0 aliphatic heterocycles. The summed E-state index contributed by atoms with van der Waals surface area (Å²) in [5.74, 6) is -1.53. The van der Waals surface area contributed by atoms with Gasteiger partial charge in [0.2, 0.25) is 0 Å². The minimum atomic E-state index is -0.811. The maximum atomic E-state index is 13.1. The zero-order valence-electron chi connectivity index (χ0n) is 7.35. The van der Waals surface area contributed by atoms with E-state index in [1.54, 1.807) is 0 Å². The molecule has 0 unspecified atom stereocenters. The molecule has 0 bridgehead atoms. The third kappa shape index (κ3) is 1.33. The van der Waals surface area contributed by atoms with Gasteiger partial charge in [-0.1, -0.05) is 0 Å². The smallest absolute Gasteiger partial charge is 0.267 e. The van der Waals surface area contributed by atoms with Gasteiger partial charge >= 0.3 is 0 Å². The van der Waals surface area contributed by atoms with Crippen molar-refractivity contribution in [3.63, 3.8) is 0 Å². The van der Waals surface area contributed by atoms with Crippen LogP contribution < -0.4 is 5.73 Å². The van der Waals surface area contributed by atoms with Crippen molar-refractivity contribution >= 4 is 17.8 Å². The first-order chi connectivity index (χ1) is 7.13. The van der Waals surface area contributed by atoms with E-state index in [1.165, 1.54) is 0 Å². The lowest BCUT2D eigenvalue weighted by Crippen LogP contribution is -2.17. The molecule has 2 aromatic heterocycles. The van der Waals surface area contributed by atoms with Crippen LogP contribution in [0.3, 0.4) is 0 Å². The summed E-state index contributed by atoms with van der Waals surface area (Å²) in [4.78, 5) is 25.1. The molecule has 76 valence electrons. The molecular weight excluding hydrogens is 203 g/mol. The number of nitrogens with two attached hydrogens (primary N) is 1. The molecule has 0 saturated heterocycles. The summed E-state index contributed by atoms with van der Waals surface area (Å²) in [5, 5.41) is 3.58. The first-order valence-corrected chi connectivity index (χ1v) is 3.92. The van der Waals surface area contributed by atoms with Crippen molar-refractivity contribution in [1.29, 1.82) is 0 Å². The van der Waals surface area contributed by atoms with Gasteiger partial charge in [-0.2, -0.15) is 5.10 Å². The van der Waals surface area contributed by atoms with Gasteiger partial charge in [0, 0.05) is 0 Å². The Labute approximate surface area is 82.5 Å². The number of hydrogen-bond acceptors (Lipinski definition) is 4. The molecule has 2 heterocycles. The Hall–Kier alpha value is -2.31. The highest BCUT2D eigenvalue weighted by Crippen LogP contribution is 2.09. The lowest BCUT2D eigenvalue weighted by atomic mass is 10.3. The predicted octanol–water partition coefficient (Wildman–Crippen LogP) is -0.220. The molecule has 7 heteroatoms. The number of primary amides is 1. The molecule has 2 rings (SSSR count). The summed E-state index contributed by atoms with van der Waals surface area (Å²) < 4.78 is 14.0. The highest BCUT2D eigenvalue weighted by atomic mass is 19.1. The molecular formula is C8H5FN4O2. The molecule has 2 aromatic rings. The van der Waals surface area contributed by atoms with Gasteiger partial charge in [-0.3, -0.25) is 9.59 Å². The van der Waals surface area contributed by atoms with E-state index < -0.39 is 11.7 Å². The SMILES string of the molecule is NC(=O)c1cc(C=O)nc2c(F)cnn12. The summed E-state index contributed by atoms with van der Waals surface area (Å²) >= 11 is 0. The van der Waals surface area contributed by atoms with Crippen LogP contribution in [-0.2, 0) is 0 Å². The number of hydrogen-bond donors (Lipinski definition) is 1. The van der Waals surface area contributed by atoms with E-state index in [-0.39, 0.29) is 17.0 Å². The molecule has 0 atom stereocenters. The van der Waals surface area contributed by atoms with Gasteiger partial charge in [0.15, 0.2) is 17.8 Å². The topological polar surface area (TPSA) is 90.4 Å². The molecule has 0 aliphatic rings. The molecule has 0 radical (unpaired) electrons. The number of nitrogens with zero attached hydrogens (tertiary/aromatic N) is 3. The van der Waals surface area contributed by atoms with Crippen molar-refractivity contribution in [2.45, 2.75) is 0 Å². The number of halogens is 1. The maximum absolute atomic E-state index is 13.1. The second-order valence-corrected chi connectivity index (χ2v) is 2.78.